The Bertz CT molecular complexity index is 2590. The third-order valence-electron chi connectivity index (χ3n) is 14.1. The highest BCUT2D eigenvalue weighted by atomic mass is 35.5. The minimum Gasteiger partial charge on any atom is -0.495 e. The van der Waals surface area contributed by atoms with E-state index in [4.69, 9.17) is 35.3 Å². The molecule has 4 aliphatic heterocycles. The Hall–Kier alpha value is -6.13. The van der Waals surface area contributed by atoms with E-state index in [0.717, 1.165) is 27.8 Å². The van der Waals surface area contributed by atoms with Crippen LogP contribution in [0.15, 0.2) is 54.1 Å². The molecule has 0 saturated carbocycles. The maximum absolute atomic E-state index is 14.4. The van der Waals surface area contributed by atoms with Crippen molar-refractivity contribution in [1.29, 1.82) is 0 Å². The molecule has 74 heavy (non-hydrogen) atoms. The van der Waals surface area contributed by atoms with E-state index in [1.54, 1.807) is 50.3 Å². The number of nitrogens with zero attached hydrogens (tertiary/aromatic N) is 3. The number of nitrogens with one attached hydrogen (secondary N) is 2. The summed E-state index contributed by atoms with van der Waals surface area (Å²) < 4.78 is 29.4. The zero-order chi connectivity index (χ0) is 54.2. The van der Waals surface area contributed by atoms with Gasteiger partial charge in [0.2, 0.25) is 29.5 Å². The number of imide groups is 1. The summed E-state index contributed by atoms with van der Waals surface area (Å²) in [6.45, 7) is 6.76. The predicted octanol–water partition coefficient (Wildman–Crippen LogP) is 4.14. The molecule has 20 nitrogen and oxygen atoms in total. The van der Waals surface area contributed by atoms with Crippen LogP contribution in [0.25, 0.3) is 0 Å². The maximum Gasteiger partial charge on any atom is 0.409 e. The van der Waals surface area contributed by atoms with E-state index in [1.807, 2.05) is 13.0 Å². The maximum atomic E-state index is 14.4. The molecule has 400 valence electrons. The summed E-state index contributed by atoms with van der Waals surface area (Å²) in [5, 5.41) is 16.4. The number of likely N-dealkylation sites (N-methyl/N-ethyl adjacent to an activating group) is 1. The van der Waals surface area contributed by atoms with E-state index in [0.29, 0.717) is 42.4 Å². The number of aldehydes is 2. The normalized spacial score (nSPS) is 27.6. The number of methoxy groups -OCH3 is 2. The van der Waals surface area contributed by atoms with Crippen molar-refractivity contribution in [3.05, 3.63) is 81.4 Å². The molecule has 0 aliphatic carbocycles. The predicted molar refractivity (Wildman–Crippen MR) is 272 cm³/mol. The zero-order valence-corrected chi connectivity index (χ0v) is 44.2. The van der Waals surface area contributed by atoms with Crippen molar-refractivity contribution >= 4 is 83.2 Å². The van der Waals surface area contributed by atoms with Crippen LogP contribution in [0.5, 0.6) is 5.75 Å². The first-order valence-electron chi connectivity index (χ1n) is 24.2. The number of ether oxygens (including phenoxy) is 5. The van der Waals surface area contributed by atoms with Gasteiger partial charge in [-0.3, -0.25) is 43.8 Å². The van der Waals surface area contributed by atoms with Crippen LogP contribution >= 0.6 is 23.4 Å². The summed E-state index contributed by atoms with van der Waals surface area (Å²) >= 11 is 7.93. The van der Waals surface area contributed by atoms with Crippen LogP contribution in [-0.2, 0) is 60.6 Å². The van der Waals surface area contributed by atoms with Crippen LogP contribution in [0, 0.1) is 5.92 Å². The second-order valence-electron chi connectivity index (χ2n) is 19.1. The van der Waals surface area contributed by atoms with Gasteiger partial charge in [0, 0.05) is 82.8 Å². The van der Waals surface area contributed by atoms with Gasteiger partial charge in [-0.15, -0.1) is 11.8 Å². The molecule has 4 aliphatic rings. The van der Waals surface area contributed by atoms with Crippen molar-refractivity contribution < 1.29 is 71.9 Å². The van der Waals surface area contributed by atoms with Crippen molar-refractivity contribution in [3.8, 4) is 5.75 Å². The number of thioether (sulfide) groups is 1. The van der Waals surface area contributed by atoms with Crippen LogP contribution < -0.4 is 20.3 Å². The van der Waals surface area contributed by atoms with Crippen LogP contribution in [0.4, 0.5) is 10.5 Å². The molecule has 22 heteroatoms. The Morgan fingerprint density at radius 2 is 1.80 bits per heavy atom. The quantitative estimate of drug-likeness (QED) is 0.0871. The minimum absolute atomic E-state index is 0.0196. The number of esters is 1. The molecule has 0 spiro atoms. The average molecular weight is 1070 g/mol. The van der Waals surface area contributed by atoms with Crippen LogP contribution in [0.2, 0.25) is 5.02 Å². The number of hydrogen-bond donors (Lipinski definition) is 3. The Morgan fingerprint density at radius 3 is 2.49 bits per heavy atom. The van der Waals surface area contributed by atoms with Gasteiger partial charge in [0.05, 0.1) is 30.6 Å². The lowest BCUT2D eigenvalue weighted by Crippen LogP contribution is -2.63. The van der Waals surface area contributed by atoms with E-state index < -0.39 is 95.1 Å². The molecule has 3 saturated heterocycles. The van der Waals surface area contributed by atoms with Gasteiger partial charge in [-0.1, -0.05) is 54.5 Å². The zero-order valence-electron chi connectivity index (χ0n) is 42.7. The fourth-order valence-electron chi connectivity index (χ4n) is 9.34. The summed E-state index contributed by atoms with van der Waals surface area (Å²) in [5.41, 5.74) is -0.0753. The molecule has 3 N–H and O–H groups in total. The Kier molecular flexibility index (Phi) is 18.9. The van der Waals surface area contributed by atoms with Crippen molar-refractivity contribution in [2.75, 3.05) is 52.1 Å². The number of amides is 6. The summed E-state index contributed by atoms with van der Waals surface area (Å²) in [6, 6.07) is 7.06. The monoisotopic (exact) mass is 1070 g/mol. The van der Waals surface area contributed by atoms with Gasteiger partial charge >= 0.3 is 12.1 Å². The average Bonchev–Trinajstić information content (AvgIpc) is 4.00. The molecule has 3 fully saturated rings. The number of aliphatic hydroxyl groups is 1. The fraction of sp³-hybridized carbons (Fsp3) is 0.519. The molecule has 6 rings (SSSR count). The molecule has 0 radical (unpaired) electrons. The van der Waals surface area contributed by atoms with Crippen LogP contribution in [0.3, 0.4) is 0 Å². The van der Waals surface area contributed by atoms with Gasteiger partial charge in [-0.05, 0) is 62.9 Å². The molecule has 2 aromatic carbocycles. The number of halogens is 1. The number of aryl methyl sites for hydroxylation is 1. The van der Waals surface area contributed by atoms with Gasteiger partial charge in [0.25, 0.3) is 0 Å². The SMILES string of the molecule is COc1cc2cc(c1Cl)N(C)C(=O)C[C@H](OC(=O)[C@H](C)N(C)C(=O)CCSC1CC(=O)N(CCNC(=O)CCc3ccc(C=O)c(C=O)c3)C1=O)C1(C)OC1C(C)C1CC(O)(NC(=O)O1)C(OC)/C=C/C=C(\C)C2. The molecule has 6 amide bonds. The van der Waals surface area contributed by atoms with E-state index in [-0.39, 0.29) is 66.6 Å². The first kappa shape index (κ1) is 57.2. The molecule has 9 atom stereocenters. The molecule has 4 bridgehead atoms. The van der Waals surface area contributed by atoms with Gasteiger partial charge < -0.3 is 43.9 Å². The standard InChI is InChI=1S/C52H64ClN5O15S/c1-29-10-9-11-40(70-8)52(68)26-38(71-50(67)55-52)30(2)47-51(4,73-47)41(25-44(63)57(6)36-22-33(20-29)23-37(69-7)46(36)53)72-49(66)31(3)56(5)43(62)16-19-74-39-24-45(64)58(48(39)65)18-17-54-42(61)15-13-32-12-14-34(27-59)35(21-32)28-60/h9-12,14,21-23,27-28,30-31,38-41,47,68H,13,15-20,24-26H2,1-8H3,(H,54,61)(H,55,67)/b11-9+,29-10+/t30?,31-,38?,39?,40?,41-,47?,51?,52?/m0/s1. The smallest absolute Gasteiger partial charge is 0.409 e. The number of benzene rings is 2. The Balaban J connectivity index is 1.09. The molecule has 7 unspecified atom stereocenters. The lowest BCUT2D eigenvalue weighted by atomic mass is 9.83. The van der Waals surface area contributed by atoms with Gasteiger partial charge in [-0.2, -0.15) is 0 Å². The second kappa shape index (κ2) is 24.5. The van der Waals surface area contributed by atoms with E-state index in [2.05, 4.69) is 10.6 Å². The summed E-state index contributed by atoms with van der Waals surface area (Å²) in [4.78, 5) is 120. The topological polar surface area (TPSA) is 257 Å². The number of rotatable bonds is 17. The highest BCUT2D eigenvalue weighted by Gasteiger charge is 2.64. The molecular weight excluding hydrogens is 1000 g/mol. The number of likely N-dealkylation sites (tertiary alicyclic amines) is 1. The fourth-order valence-corrected chi connectivity index (χ4v) is 10.8. The minimum atomic E-state index is -1.89. The molecule has 2 aromatic rings. The Labute approximate surface area is 438 Å². The number of epoxide rings is 1. The lowest BCUT2D eigenvalue weighted by molar-refractivity contribution is -0.162. The second-order valence-corrected chi connectivity index (χ2v) is 20.8. The molecule has 4 heterocycles. The number of hydrogen-bond acceptors (Lipinski definition) is 16. The first-order valence-corrected chi connectivity index (χ1v) is 25.6. The summed E-state index contributed by atoms with van der Waals surface area (Å²) in [6.07, 6.45) is 1.57. The van der Waals surface area contributed by atoms with Crippen molar-refractivity contribution in [1.82, 2.24) is 20.4 Å². The van der Waals surface area contributed by atoms with Crippen molar-refractivity contribution in [2.45, 2.75) is 120 Å². The number of carbonyl (C=O) groups excluding carboxylic acids is 9. The first-order chi connectivity index (χ1) is 35.1. The number of allylic oxidation sites excluding steroid dienone is 3. The van der Waals surface area contributed by atoms with Crippen molar-refractivity contribution in [3.63, 3.8) is 0 Å². The molecular formula is C52H64ClN5O15S. The number of fused-ring (bicyclic) bond motifs is 5. The van der Waals surface area contributed by atoms with Crippen LogP contribution in [0.1, 0.15) is 91.6 Å². The summed E-state index contributed by atoms with van der Waals surface area (Å²) in [5.74, 6) is -3.18. The Morgan fingerprint density at radius 1 is 1.07 bits per heavy atom. The van der Waals surface area contributed by atoms with Crippen LogP contribution in [-0.4, -0.2) is 163 Å². The largest absolute Gasteiger partial charge is 0.495 e. The van der Waals surface area contributed by atoms with Gasteiger partial charge in [-0.25, -0.2) is 9.59 Å². The number of carbonyl (C=O) groups is 9. The van der Waals surface area contributed by atoms with Gasteiger partial charge in [0.15, 0.2) is 18.3 Å². The highest BCUT2D eigenvalue weighted by Crippen LogP contribution is 2.49. The lowest BCUT2D eigenvalue weighted by Gasteiger charge is -2.42. The van der Waals surface area contributed by atoms with E-state index in [9.17, 15) is 48.3 Å². The highest BCUT2D eigenvalue weighted by molar-refractivity contribution is 8.00. The summed E-state index contributed by atoms with van der Waals surface area (Å²) in [7, 11) is 5.82. The van der Waals surface area contributed by atoms with Crippen molar-refractivity contribution in [2.24, 2.45) is 5.92 Å². The third-order valence-corrected chi connectivity index (χ3v) is 15.7. The van der Waals surface area contributed by atoms with E-state index in [1.165, 1.54) is 51.1 Å². The molecule has 0 aromatic heterocycles. The third kappa shape index (κ3) is 13.2. The number of alkyl carbamates (subject to hydrolysis) is 1. The van der Waals surface area contributed by atoms with Gasteiger partial charge in [0.1, 0.15) is 40.7 Å². The number of anilines is 1. The van der Waals surface area contributed by atoms with E-state index >= 15 is 0 Å².